The first-order chi connectivity index (χ1) is 7.71. The topological polar surface area (TPSA) is 29.1 Å². The van der Waals surface area contributed by atoms with Crippen molar-refractivity contribution >= 4 is 5.91 Å². The van der Waals surface area contributed by atoms with Crippen LogP contribution in [0.25, 0.3) is 0 Å². The van der Waals surface area contributed by atoms with Crippen molar-refractivity contribution in [1.82, 2.24) is 5.32 Å². The number of carbonyl (C=O) groups is 1. The number of hydrogen-bond acceptors (Lipinski definition) is 1. The molecule has 0 spiro atoms. The second-order valence-electron chi connectivity index (χ2n) is 5.79. The molecule has 0 aliphatic rings. The molecule has 1 atom stereocenters. The highest BCUT2D eigenvalue weighted by molar-refractivity contribution is 5.81. The highest BCUT2D eigenvalue weighted by Gasteiger charge is 2.22. The van der Waals surface area contributed by atoms with Gasteiger partial charge in [0.05, 0.1) is 6.04 Å². The third-order valence-corrected chi connectivity index (χ3v) is 3.06. The van der Waals surface area contributed by atoms with Crippen LogP contribution in [0.2, 0.25) is 0 Å². The van der Waals surface area contributed by atoms with Crippen LogP contribution in [-0.4, -0.2) is 5.91 Å². The van der Waals surface area contributed by atoms with Crippen molar-refractivity contribution in [2.75, 3.05) is 0 Å². The Kier molecular flexibility index (Phi) is 3.97. The number of nitrogens with one attached hydrogen (secondary N) is 1. The average molecular weight is 233 g/mol. The number of aryl methyl sites for hydroxylation is 2. The minimum atomic E-state index is -0.339. The summed E-state index contributed by atoms with van der Waals surface area (Å²) in [6.07, 6.45) is 0. The minimum absolute atomic E-state index is 0.0565. The third-order valence-electron chi connectivity index (χ3n) is 3.06. The van der Waals surface area contributed by atoms with Crippen molar-refractivity contribution in [1.29, 1.82) is 0 Å². The van der Waals surface area contributed by atoms with Gasteiger partial charge in [-0.15, -0.1) is 0 Å². The molecule has 0 radical (unpaired) electrons. The Bertz CT molecular complexity index is 415. The van der Waals surface area contributed by atoms with Crippen molar-refractivity contribution in [2.24, 2.45) is 5.41 Å². The predicted octanol–water partition coefficient (Wildman–Crippen LogP) is 3.53. The van der Waals surface area contributed by atoms with Gasteiger partial charge >= 0.3 is 0 Å². The van der Waals surface area contributed by atoms with E-state index in [1.165, 1.54) is 11.1 Å². The summed E-state index contributed by atoms with van der Waals surface area (Å²) < 4.78 is 0. The fraction of sp³-hybridized carbons (Fsp3) is 0.533. The van der Waals surface area contributed by atoms with E-state index in [2.05, 4.69) is 37.4 Å². The number of benzene rings is 1. The molecule has 0 saturated carbocycles. The lowest BCUT2D eigenvalue weighted by Gasteiger charge is -2.22. The molecule has 1 aromatic carbocycles. The Labute approximate surface area is 104 Å². The van der Waals surface area contributed by atoms with Gasteiger partial charge in [0.15, 0.2) is 0 Å². The number of hydrogen-bond donors (Lipinski definition) is 1. The van der Waals surface area contributed by atoms with Crippen molar-refractivity contribution < 1.29 is 4.79 Å². The maximum absolute atomic E-state index is 11.9. The second-order valence-corrected chi connectivity index (χ2v) is 5.79. The maximum atomic E-state index is 11.9. The second kappa shape index (κ2) is 4.91. The molecule has 0 aromatic heterocycles. The molecule has 0 fully saturated rings. The molecule has 0 heterocycles. The molecule has 17 heavy (non-hydrogen) atoms. The van der Waals surface area contributed by atoms with Gasteiger partial charge < -0.3 is 5.32 Å². The van der Waals surface area contributed by atoms with Crippen LogP contribution >= 0.6 is 0 Å². The van der Waals surface area contributed by atoms with E-state index in [9.17, 15) is 4.79 Å². The maximum Gasteiger partial charge on any atom is 0.225 e. The zero-order chi connectivity index (χ0) is 13.2. The number of amides is 1. The van der Waals surface area contributed by atoms with Crippen molar-refractivity contribution in [3.05, 3.63) is 34.9 Å². The molecule has 0 aliphatic carbocycles. The van der Waals surface area contributed by atoms with Crippen molar-refractivity contribution in [3.8, 4) is 0 Å². The lowest BCUT2D eigenvalue weighted by atomic mass is 9.94. The molecule has 1 amide bonds. The van der Waals surface area contributed by atoms with Crippen LogP contribution in [0.15, 0.2) is 18.2 Å². The third kappa shape index (κ3) is 3.58. The smallest absolute Gasteiger partial charge is 0.225 e. The largest absolute Gasteiger partial charge is 0.349 e. The zero-order valence-electron chi connectivity index (χ0n) is 11.7. The molecule has 2 nitrogen and oxygen atoms in total. The van der Waals surface area contributed by atoms with Gasteiger partial charge in [-0.3, -0.25) is 4.79 Å². The van der Waals surface area contributed by atoms with Crippen LogP contribution in [0, 0.1) is 19.3 Å². The SMILES string of the molecule is Cc1ccc(C(C)NC(=O)C(C)(C)C)cc1C. The molecule has 1 aromatic rings. The molecular formula is C15H23NO. The van der Waals surface area contributed by atoms with Gasteiger partial charge in [-0.05, 0) is 37.5 Å². The van der Waals surface area contributed by atoms with Crippen LogP contribution < -0.4 is 5.32 Å². The van der Waals surface area contributed by atoms with Crippen molar-refractivity contribution in [3.63, 3.8) is 0 Å². The fourth-order valence-electron chi connectivity index (χ4n) is 1.53. The van der Waals surface area contributed by atoms with E-state index in [4.69, 9.17) is 0 Å². The highest BCUT2D eigenvalue weighted by atomic mass is 16.2. The van der Waals surface area contributed by atoms with Crippen molar-refractivity contribution in [2.45, 2.75) is 47.6 Å². The molecule has 1 N–H and O–H groups in total. The summed E-state index contributed by atoms with van der Waals surface area (Å²) in [5.41, 5.74) is 3.36. The minimum Gasteiger partial charge on any atom is -0.349 e. The molecule has 0 saturated heterocycles. The Balaban J connectivity index is 2.80. The summed E-state index contributed by atoms with van der Waals surface area (Å²) in [6.45, 7) is 12.0. The van der Waals surface area contributed by atoms with Crippen LogP contribution in [0.5, 0.6) is 0 Å². The van der Waals surface area contributed by atoms with Crippen LogP contribution in [0.3, 0.4) is 0 Å². The first-order valence-corrected chi connectivity index (χ1v) is 6.10. The Morgan fingerprint density at radius 2 is 1.76 bits per heavy atom. The number of carbonyl (C=O) groups excluding carboxylic acids is 1. The van der Waals surface area contributed by atoms with Gasteiger partial charge in [0, 0.05) is 5.41 Å². The Morgan fingerprint density at radius 1 is 1.18 bits per heavy atom. The summed E-state index contributed by atoms with van der Waals surface area (Å²) in [7, 11) is 0. The molecule has 1 unspecified atom stereocenters. The molecular weight excluding hydrogens is 210 g/mol. The van der Waals surface area contributed by atoms with E-state index >= 15 is 0 Å². The van der Waals surface area contributed by atoms with Crippen LogP contribution in [-0.2, 0) is 4.79 Å². The first-order valence-electron chi connectivity index (χ1n) is 6.10. The van der Waals surface area contributed by atoms with Gasteiger partial charge in [0.1, 0.15) is 0 Å². The van der Waals surface area contributed by atoms with Gasteiger partial charge in [-0.25, -0.2) is 0 Å². The molecule has 94 valence electrons. The van der Waals surface area contributed by atoms with Gasteiger partial charge in [-0.2, -0.15) is 0 Å². The summed E-state index contributed by atoms with van der Waals surface area (Å²) in [6, 6.07) is 6.38. The molecule has 0 bridgehead atoms. The molecule has 1 rings (SSSR count). The Morgan fingerprint density at radius 3 is 2.24 bits per heavy atom. The van der Waals surface area contributed by atoms with E-state index in [-0.39, 0.29) is 17.4 Å². The predicted molar refractivity (Wildman–Crippen MR) is 71.9 cm³/mol. The molecule has 2 heteroatoms. The van der Waals surface area contributed by atoms with E-state index in [1.807, 2.05) is 27.7 Å². The number of rotatable bonds is 2. The fourth-order valence-corrected chi connectivity index (χ4v) is 1.53. The standard InChI is InChI=1S/C15H23NO/c1-10-7-8-13(9-11(10)2)12(3)16-14(17)15(4,5)6/h7-9,12H,1-6H3,(H,16,17). The van der Waals surface area contributed by atoms with Crippen LogP contribution in [0.4, 0.5) is 0 Å². The summed E-state index contributed by atoms with van der Waals surface area (Å²) in [4.78, 5) is 11.9. The summed E-state index contributed by atoms with van der Waals surface area (Å²) in [5, 5.41) is 3.04. The van der Waals surface area contributed by atoms with Gasteiger partial charge in [0.25, 0.3) is 0 Å². The van der Waals surface area contributed by atoms with E-state index < -0.39 is 0 Å². The summed E-state index contributed by atoms with van der Waals surface area (Å²) in [5.74, 6) is 0.0863. The van der Waals surface area contributed by atoms with Gasteiger partial charge in [0.2, 0.25) is 5.91 Å². The quantitative estimate of drug-likeness (QED) is 0.832. The molecule has 0 aliphatic heterocycles. The van der Waals surface area contributed by atoms with E-state index in [0.29, 0.717) is 0 Å². The van der Waals surface area contributed by atoms with Gasteiger partial charge in [-0.1, -0.05) is 39.0 Å². The summed E-state index contributed by atoms with van der Waals surface area (Å²) >= 11 is 0. The zero-order valence-corrected chi connectivity index (χ0v) is 11.7. The lowest BCUT2D eigenvalue weighted by Crippen LogP contribution is -2.36. The average Bonchev–Trinajstić information content (AvgIpc) is 2.20. The van der Waals surface area contributed by atoms with Crippen LogP contribution in [0.1, 0.15) is 50.4 Å². The normalized spacial score (nSPS) is 13.3. The van der Waals surface area contributed by atoms with E-state index in [0.717, 1.165) is 5.56 Å². The lowest BCUT2D eigenvalue weighted by molar-refractivity contribution is -0.129. The first kappa shape index (κ1) is 13.8. The van der Waals surface area contributed by atoms with E-state index in [1.54, 1.807) is 0 Å². The Hall–Kier alpha value is -1.31. The highest BCUT2D eigenvalue weighted by Crippen LogP contribution is 2.19. The monoisotopic (exact) mass is 233 g/mol.